The molecule has 0 fully saturated rings. The van der Waals surface area contributed by atoms with Crippen LogP contribution in [0.4, 0.5) is 4.79 Å². The van der Waals surface area contributed by atoms with E-state index >= 15 is 0 Å². The van der Waals surface area contributed by atoms with Crippen molar-refractivity contribution < 1.29 is 9.59 Å². The number of aromatic nitrogens is 2. The van der Waals surface area contributed by atoms with Gasteiger partial charge in [0.2, 0.25) is 5.91 Å². The minimum atomic E-state index is -0.721. The second-order valence-corrected chi connectivity index (χ2v) is 5.39. The summed E-state index contributed by atoms with van der Waals surface area (Å²) in [5.41, 5.74) is 6.13. The van der Waals surface area contributed by atoms with Gasteiger partial charge in [-0.3, -0.25) is 9.48 Å². The van der Waals surface area contributed by atoms with Crippen LogP contribution in [0.5, 0.6) is 0 Å². The Bertz CT molecular complexity index is 627. The number of hydrogen-bond acceptors (Lipinski definition) is 3. The molecule has 2 aromatic rings. The molecule has 3 amide bonds. The molecule has 2 atom stereocenters. The van der Waals surface area contributed by atoms with Crippen LogP contribution in [0.2, 0.25) is 0 Å². The number of nitrogens with one attached hydrogen (secondary N) is 2. The van der Waals surface area contributed by atoms with Crippen molar-refractivity contribution in [3.8, 4) is 0 Å². The maximum absolute atomic E-state index is 12.4. The number of amides is 3. The van der Waals surface area contributed by atoms with E-state index in [0.29, 0.717) is 13.0 Å². The minimum absolute atomic E-state index is 0.129. The van der Waals surface area contributed by atoms with Crippen LogP contribution in [0.15, 0.2) is 48.8 Å². The molecule has 0 aliphatic carbocycles. The molecular weight excluding hydrogens is 294 g/mol. The Morgan fingerprint density at radius 2 is 1.96 bits per heavy atom. The van der Waals surface area contributed by atoms with Gasteiger partial charge in [0.25, 0.3) is 0 Å². The van der Waals surface area contributed by atoms with Gasteiger partial charge in [0.15, 0.2) is 0 Å². The molecule has 0 saturated carbocycles. The van der Waals surface area contributed by atoms with E-state index in [0.717, 1.165) is 5.56 Å². The molecule has 0 spiro atoms. The zero-order valence-corrected chi connectivity index (χ0v) is 13.0. The first-order valence-corrected chi connectivity index (χ1v) is 7.42. The van der Waals surface area contributed by atoms with E-state index in [2.05, 4.69) is 15.7 Å². The summed E-state index contributed by atoms with van der Waals surface area (Å²) < 4.78 is 1.73. The molecule has 7 nitrogen and oxygen atoms in total. The van der Waals surface area contributed by atoms with E-state index < -0.39 is 12.1 Å². The number of benzene rings is 1. The summed E-state index contributed by atoms with van der Waals surface area (Å²) in [4.78, 5) is 23.6. The molecule has 0 unspecified atom stereocenters. The Morgan fingerprint density at radius 1 is 1.22 bits per heavy atom. The van der Waals surface area contributed by atoms with Gasteiger partial charge in [0.1, 0.15) is 6.04 Å². The van der Waals surface area contributed by atoms with Crippen LogP contribution in [0, 0.1) is 0 Å². The van der Waals surface area contributed by atoms with Crippen LogP contribution in [0.25, 0.3) is 0 Å². The second kappa shape index (κ2) is 7.98. The van der Waals surface area contributed by atoms with Crippen LogP contribution in [0.1, 0.15) is 12.5 Å². The Balaban J connectivity index is 1.96. The zero-order chi connectivity index (χ0) is 16.7. The van der Waals surface area contributed by atoms with Gasteiger partial charge in [-0.25, -0.2) is 4.79 Å². The average molecular weight is 315 g/mol. The Kier molecular flexibility index (Phi) is 5.74. The van der Waals surface area contributed by atoms with Crippen molar-refractivity contribution >= 4 is 11.9 Å². The monoisotopic (exact) mass is 315 g/mol. The lowest BCUT2D eigenvalue weighted by atomic mass is 10.1. The highest BCUT2D eigenvalue weighted by Crippen LogP contribution is 2.04. The third kappa shape index (κ3) is 5.46. The highest BCUT2D eigenvalue weighted by molar-refractivity contribution is 5.86. The van der Waals surface area contributed by atoms with E-state index in [9.17, 15) is 9.59 Å². The third-order valence-corrected chi connectivity index (χ3v) is 3.32. The number of primary amides is 1. The molecule has 1 aromatic carbocycles. The van der Waals surface area contributed by atoms with E-state index in [1.54, 1.807) is 10.9 Å². The lowest BCUT2D eigenvalue weighted by Gasteiger charge is -2.21. The first kappa shape index (κ1) is 16.5. The maximum Gasteiger partial charge on any atom is 0.312 e. The molecule has 4 N–H and O–H groups in total. The van der Waals surface area contributed by atoms with Crippen molar-refractivity contribution in [3.05, 3.63) is 54.4 Å². The summed E-state index contributed by atoms with van der Waals surface area (Å²) in [5.74, 6) is -0.271. The molecule has 1 aromatic heterocycles. The molecule has 122 valence electrons. The smallest absolute Gasteiger partial charge is 0.312 e. The first-order chi connectivity index (χ1) is 11.0. The van der Waals surface area contributed by atoms with Crippen LogP contribution < -0.4 is 16.4 Å². The topological polar surface area (TPSA) is 102 Å². The van der Waals surface area contributed by atoms with Gasteiger partial charge in [-0.2, -0.15) is 5.10 Å². The predicted octanol–water partition coefficient (Wildman–Crippen LogP) is 0.667. The Morgan fingerprint density at radius 3 is 2.57 bits per heavy atom. The van der Waals surface area contributed by atoms with E-state index in [1.165, 1.54) is 0 Å². The Hall–Kier alpha value is -2.83. The fraction of sp³-hybridized carbons (Fsp3) is 0.312. The summed E-state index contributed by atoms with van der Waals surface area (Å²) in [6, 6.07) is 9.72. The molecule has 1 heterocycles. The van der Waals surface area contributed by atoms with Crippen molar-refractivity contribution in [2.45, 2.75) is 32.0 Å². The van der Waals surface area contributed by atoms with E-state index in [-0.39, 0.29) is 11.9 Å². The van der Waals surface area contributed by atoms with Crippen molar-refractivity contribution in [2.75, 3.05) is 0 Å². The van der Waals surface area contributed by atoms with Crippen LogP contribution in [-0.2, 0) is 17.8 Å². The van der Waals surface area contributed by atoms with Gasteiger partial charge in [-0.05, 0) is 18.6 Å². The molecule has 23 heavy (non-hydrogen) atoms. The van der Waals surface area contributed by atoms with E-state index in [4.69, 9.17) is 5.73 Å². The highest BCUT2D eigenvalue weighted by Gasteiger charge is 2.21. The molecular formula is C16H21N5O2. The zero-order valence-electron chi connectivity index (χ0n) is 13.0. The average Bonchev–Trinajstić information content (AvgIpc) is 3.00. The third-order valence-electron chi connectivity index (χ3n) is 3.32. The summed E-state index contributed by atoms with van der Waals surface area (Å²) in [7, 11) is 0. The van der Waals surface area contributed by atoms with Crippen molar-refractivity contribution in [3.63, 3.8) is 0 Å². The van der Waals surface area contributed by atoms with Crippen LogP contribution >= 0.6 is 0 Å². The highest BCUT2D eigenvalue weighted by atomic mass is 16.2. The number of hydrogen-bond donors (Lipinski definition) is 3. The van der Waals surface area contributed by atoms with Gasteiger partial charge in [0, 0.05) is 24.9 Å². The van der Waals surface area contributed by atoms with Gasteiger partial charge >= 0.3 is 6.03 Å². The largest absolute Gasteiger partial charge is 0.352 e. The summed E-state index contributed by atoms with van der Waals surface area (Å²) in [6.07, 6.45) is 3.89. The summed E-state index contributed by atoms with van der Waals surface area (Å²) in [5, 5.41) is 9.47. The number of carbonyl (C=O) groups excluding carboxylic acids is 2. The number of nitrogens with zero attached hydrogens (tertiary/aromatic N) is 2. The van der Waals surface area contributed by atoms with Crippen molar-refractivity contribution in [2.24, 2.45) is 5.73 Å². The fourth-order valence-corrected chi connectivity index (χ4v) is 2.31. The lowest BCUT2D eigenvalue weighted by Crippen LogP contribution is -2.52. The lowest BCUT2D eigenvalue weighted by molar-refractivity contribution is -0.123. The molecule has 0 aliphatic rings. The van der Waals surface area contributed by atoms with Crippen molar-refractivity contribution in [1.82, 2.24) is 20.4 Å². The van der Waals surface area contributed by atoms with Gasteiger partial charge in [0.05, 0.1) is 6.54 Å². The second-order valence-electron chi connectivity index (χ2n) is 5.39. The van der Waals surface area contributed by atoms with Crippen LogP contribution in [-0.4, -0.2) is 33.8 Å². The Labute approximate surface area is 134 Å². The molecule has 0 radical (unpaired) electrons. The minimum Gasteiger partial charge on any atom is -0.352 e. The predicted molar refractivity (Wildman–Crippen MR) is 86.5 cm³/mol. The first-order valence-electron chi connectivity index (χ1n) is 7.42. The molecule has 7 heteroatoms. The molecule has 0 saturated heterocycles. The quantitative estimate of drug-likeness (QED) is 0.699. The number of carbonyl (C=O) groups is 2. The normalized spacial score (nSPS) is 13.1. The van der Waals surface area contributed by atoms with Gasteiger partial charge in [-0.15, -0.1) is 0 Å². The van der Waals surface area contributed by atoms with Crippen LogP contribution in [0.3, 0.4) is 0 Å². The summed E-state index contributed by atoms with van der Waals surface area (Å²) >= 11 is 0. The molecule has 0 bridgehead atoms. The maximum atomic E-state index is 12.4. The van der Waals surface area contributed by atoms with Crippen molar-refractivity contribution in [1.29, 1.82) is 0 Å². The molecule has 0 aliphatic heterocycles. The summed E-state index contributed by atoms with van der Waals surface area (Å²) in [6.45, 7) is 2.43. The van der Waals surface area contributed by atoms with Gasteiger partial charge in [-0.1, -0.05) is 30.3 Å². The molecule has 2 rings (SSSR count). The SMILES string of the molecule is C[C@@H](Cn1cccn1)NC(=O)[C@H](Cc1ccccc1)NC(N)=O. The van der Waals surface area contributed by atoms with E-state index in [1.807, 2.05) is 49.5 Å². The van der Waals surface area contributed by atoms with Gasteiger partial charge < -0.3 is 16.4 Å². The number of rotatable bonds is 7. The fourth-order valence-electron chi connectivity index (χ4n) is 2.31. The number of urea groups is 1. The number of nitrogens with two attached hydrogens (primary N) is 1. The standard InChI is InChI=1S/C16H21N5O2/c1-12(11-21-9-5-8-18-21)19-15(22)14(20-16(17)23)10-13-6-3-2-4-7-13/h2-9,12,14H,10-11H2,1H3,(H,19,22)(H3,17,20,23)/t12-,14-/m0/s1.